The number of para-hydroxylation sites is 1. The van der Waals surface area contributed by atoms with Crippen molar-refractivity contribution in [3.05, 3.63) is 72.3 Å². The quantitative estimate of drug-likeness (QED) is 0.803. The van der Waals surface area contributed by atoms with Crippen molar-refractivity contribution in [3.63, 3.8) is 0 Å². The van der Waals surface area contributed by atoms with Gasteiger partial charge in [0.1, 0.15) is 5.82 Å². The third kappa shape index (κ3) is 2.94. The molecule has 0 spiro atoms. The van der Waals surface area contributed by atoms with Gasteiger partial charge in [0.25, 0.3) is 5.91 Å². The Kier molecular flexibility index (Phi) is 3.42. The Morgan fingerprint density at radius 3 is 2.48 bits per heavy atom. The van der Waals surface area contributed by atoms with Gasteiger partial charge in [-0.3, -0.25) is 4.79 Å². The highest BCUT2D eigenvalue weighted by molar-refractivity contribution is 6.02. The van der Waals surface area contributed by atoms with Crippen LogP contribution in [0.5, 0.6) is 0 Å². The van der Waals surface area contributed by atoms with Crippen molar-refractivity contribution in [3.8, 4) is 5.69 Å². The molecule has 3 rings (SSSR count). The zero-order valence-electron chi connectivity index (χ0n) is 10.9. The van der Waals surface area contributed by atoms with Gasteiger partial charge in [0.05, 0.1) is 11.9 Å². The van der Waals surface area contributed by atoms with Gasteiger partial charge in [-0.15, -0.1) is 5.10 Å². The Morgan fingerprint density at radius 1 is 1.05 bits per heavy atom. The maximum atomic E-state index is 12.8. The van der Waals surface area contributed by atoms with E-state index >= 15 is 0 Å². The predicted molar refractivity (Wildman–Crippen MR) is 75.7 cm³/mol. The number of hydrogen-bond acceptors (Lipinski definition) is 3. The summed E-state index contributed by atoms with van der Waals surface area (Å²) < 4.78 is 12.8. The number of nitrogens with one attached hydrogen (secondary N) is 1. The minimum atomic E-state index is -0.399. The number of anilines is 1. The Labute approximate surface area is 120 Å². The molecule has 1 aromatic heterocycles. The van der Waals surface area contributed by atoms with Crippen molar-refractivity contribution in [2.24, 2.45) is 0 Å². The van der Waals surface area contributed by atoms with Crippen LogP contribution in [-0.2, 0) is 0 Å². The van der Waals surface area contributed by atoms with Crippen molar-refractivity contribution in [1.29, 1.82) is 0 Å². The predicted octanol–water partition coefficient (Wildman–Crippen LogP) is 2.66. The van der Waals surface area contributed by atoms with Crippen molar-refractivity contribution < 1.29 is 9.18 Å². The lowest BCUT2D eigenvalue weighted by atomic mass is 10.3. The molecule has 0 bridgehead atoms. The topological polar surface area (TPSA) is 59.8 Å². The Balaban J connectivity index is 1.77. The fraction of sp³-hybridized carbons (Fsp3) is 0. The highest BCUT2D eigenvalue weighted by Crippen LogP contribution is 2.10. The van der Waals surface area contributed by atoms with E-state index in [4.69, 9.17) is 0 Å². The fourth-order valence-corrected chi connectivity index (χ4v) is 1.78. The summed E-state index contributed by atoms with van der Waals surface area (Å²) in [6, 6.07) is 14.8. The van der Waals surface area contributed by atoms with E-state index in [1.165, 1.54) is 35.3 Å². The molecule has 1 heterocycles. The molecule has 0 saturated heterocycles. The summed E-state index contributed by atoms with van der Waals surface area (Å²) in [6.07, 6.45) is 1.38. The summed E-state index contributed by atoms with van der Waals surface area (Å²) in [7, 11) is 0. The summed E-state index contributed by atoms with van der Waals surface area (Å²) in [5.74, 6) is -0.758. The molecule has 0 unspecified atom stereocenters. The second-order valence-corrected chi connectivity index (χ2v) is 4.32. The van der Waals surface area contributed by atoms with Crippen LogP contribution < -0.4 is 5.32 Å². The maximum Gasteiger partial charge on any atom is 0.277 e. The number of carbonyl (C=O) groups excluding carboxylic acids is 1. The van der Waals surface area contributed by atoms with Gasteiger partial charge in [-0.05, 0) is 36.4 Å². The van der Waals surface area contributed by atoms with Gasteiger partial charge in [-0.2, -0.15) is 9.90 Å². The Hall–Kier alpha value is -3.02. The first-order valence-electron chi connectivity index (χ1n) is 6.27. The molecule has 0 fully saturated rings. The summed E-state index contributed by atoms with van der Waals surface area (Å²) >= 11 is 0. The van der Waals surface area contributed by atoms with Crippen LogP contribution in [0.2, 0.25) is 0 Å². The number of nitrogens with zero attached hydrogens (tertiary/aromatic N) is 3. The molecule has 21 heavy (non-hydrogen) atoms. The number of hydrogen-bond donors (Lipinski definition) is 1. The van der Waals surface area contributed by atoms with Gasteiger partial charge < -0.3 is 5.32 Å². The molecule has 5 nitrogen and oxygen atoms in total. The molecule has 1 N–H and O–H groups in total. The van der Waals surface area contributed by atoms with E-state index in [1.54, 1.807) is 0 Å². The standard InChI is InChI=1S/C15H11FN4O/c16-11-6-8-12(9-7-11)18-15(21)14-10-17-20(19-14)13-4-2-1-3-5-13/h1-10H,(H,18,21). The van der Waals surface area contributed by atoms with Crippen molar-refractivity contribution in [2.75, 3.05) is 5.32 Å². The van der Waals surface area contributed by atoms with Gasteiger partial charge >= 0.3 is 0 Å². The van der Waals surface area contributed by atoms with E-state index in [1.807, 2.05) is 30.3 Å². The minimum absolute atomic E-state index is 0.183. The second kappa shape index (κ2) is 5.54. The molecule has 0 radical (unpaired) electrons. The van der Waals surface area contributed by atoms with Crippen LogP contribution in [0.3, 0.4) is 0 Å². The normalized spacial score (nSPS) is 10.3. The van der Waals surface area contributed by atoms with Gasteiger partial charge in [0, 0.05) is 5.69 Å². The molecule has 0 aliphatic carbocycles. The van der Waals surface area contributed by atoms with E-state index in [-0.39, 0.29) is 11.5 Å². The lowest BCUT2D eigenvalue weighted by Crippen LogP contribution is -2.13. The monoisotopic (exact) mass is 282 g/mol. The second-order valence-electron chi connectivity index (χ2n) is 4.32. The molecule has 6 heteroatoms. The lowest BCUT2D eigenvalue weighted by Gasteiger charge is -2.02. The van der Waals surface area contributed by atoms with Crippen LogP contribution in [0, 0.1) is 5.82 Å². The van der Waals surface area contributed by atoms with Crippen LogP contribution in [0.4, 0.5) is 10.1 Å². The van der Waals surface area contributed by atoms with E-state index in [9.17, 15) is 9.18 Å². The largest absolute Gasteiger partial charge is 0.321 e. The summed E-state index contributed by atoms with van der Waals surface area (Å²) in [4.78, 5) is 13.4. The number of amides is 1. The number of carbonyl (C=O) groups is 1. The first kappa shape index (κ1) is 13.0. The summed E-state index contributed by atoms with van der Waals surface area (Å²) in [6.45, 7) is 0. The molecule has 2 aromatic carbocycles. The van der Waals surface area contributed by atoms with Gasteiger partial charge in [0.2, 0.25) is 0 Å². The van der Waals surface area contributed by atoms with Crippen LogP contribution in [0.25, 0.3) is 5.69 Å². The molecule has 1 amide bonds. The Bertz CT molecular complexity index is 753. The zero-order chi connectivity index (χ0) is 14.7. The number of aromatic nitrogens is 3. The third-order valence-corrected chi connectivity index (χ3v) is 2.81. The smallest absolute Gasteiger partial charge is 0.277 e. The molecule has 0 saturated carbocycles. The number of rotatable bonds is 3. The Morgan fingerprint density at radius 2 is 1.76 bits per heavy atom. The van der Waals surface area contributed by atoms with Crippen LogP contribution in [0.15, 0.2) is 60.8 Å². The molecular formula is C15H11FN4O. The summed E-state index contributed by atoms with van der Waals surface area (Å²) in [5.41, 5.74) is 1.44. The maximum absolute atomic E-state index is 12.8. The number of halogens is 1. The van der Waals surface area contributed by atoms with Crippen LogP contribution in [0.1, 0.15) is 10.5 Å². The van der Waals surface area contributed by atoms with Gasteiger partial charge in [-0.25, -0.2) is 4.39 Å². The van der Waals surface area contributed by atoms with E-state index in [0.717, 1.165) is 5.69 Å². The average Bonchev–Trinajstić information content (AvgIpc) is 3.00. The first-order valence-corrected chi connectivity index (χ1v) is 6.27. The average molecular weight is 282 g/mol. The van der Waals surface area contributed by atoms with Crippen LogP contribution >= 0.6 is 0 Å². The van der Waals surface area contributed by atoms with E-state index < -0.39 is 5.91 Å². The third-order valence-electron chi connectivity index (χ3n) is 2.81. The highest BCUT2D eigenvalue weighted by Gasteiger charge is 2.11. The fourth-order valence-electron chi connectivity index (χ4n) is 1.78. The molecule has 0 aliphatic rings. The highest BCUT2D eigenvalue weighted by atomic mass is 19.1. The molecule has 104 valence electrons. The molecule has 3 aromatic rings. The van der Waals surface area contributed by atoms with Crippen molar-refractivity contribution >= 4 is 11.6 Å². The molecular weight excluding hydrogens is 271 g/mol. The zero-order valence-corrected chi connectivity index (χ0v) is 10.9. The lowest BCUT2D eigenvalue weighted by molar-refractivity contribution is 0.102. The van der Waals surface area contributed by atoms with Gasteiger partial charge in [-0.1, -0.05) is 18.2 Å². The summed E-state index contributed by atoms with van der Waals surface area (Å²) in [5, 5.41) is 10.8. The number of benzene rings is 2. The SMILES string of the molecule is O=C(Nc1ccc(F)cc1)c1cnn(-c2ccccc2)n1. The van der Waals surface area contributed by atoms with E-state index in [0.29, 0.717) is 5.69 Å². The minimum Gasteiger partial charge on any atom is -0.321 e. The molecule has 0 atom stereocenters. The van der Waals surface area contributed by atoms with Crippen molar-refractivity contribution in [1.82, 2.24) is 15.0 Å². The first-order chi connectivity index (χ1) is 10.2. The molecule has 0 aliphatic heterocycles. The van der Waals surface area contributed by atoms with Crippen LogP contribution in [-0.4, -0.2) is 20.9 Å². The van der Waals surface area contributed by atoms with Gasteiger partial charge in [0.15, 0.2) is 5.69 Å². The van der Waals surface area contributed by atoms with E-state index in [2.05, 4.69) is 15.5 Å². The van der Waals surface area contributed by atoms with Crippen molar-refractivity contribution in [2.45, 2.75) is 0 Å².